The highest BCUT2D eigenvalue weighted by Gasteiger charge is 2.48. The van der Waals surface area contributed by atoms with Gasteiger partial charge in [-0.15, -0.1) is 0 Å². The molecule has 380 valence electrons. The van der Waals surface area contributed by atoms with Crippen LogP contribution in [-0.4, -0.2) is 95.4 Å². The summed E-state index contributed by atoms with van der Waals surface area (Å²) in [4.78, 5) is 13.1. The number of carbonyl (C=O) groups is 1. The van der Waals surface area contributed by atoms with Gasteiger partial charge in [-0.2, -0.15) is 8.42 Å². The Bertz CT molecular complexity index is 1190. The monoisotopic (exact) mass is 934 g/mol. The molecule has 1 amide bonds. The molecule has 0 spiro atoms. The SMILES string of the molecule is CCCCCCCCCCC/C=C/C(O)C(COC1OC(CO)C(O)C(OS(=O)(=O)O)C1O)NC(=O)CCCCCCCCCCCCCCCCCCCCCCCCCCCC. The van der Waals surface area contributed by atoms with Gasteiger partial charge in [0.2, 0.25) is 5.91 Å². The predicted molar refractivity (Wildman–Crippen MR) is 259 cm³/mol. The number of hydrogen-bond donors (Lipinski definition) is 6. The zero-order chi connectivity index (χ0) is 46.9. The van der Waals surface area contributed by atoms with Crippen molar-refractivity contribution in [3.63, 3.8) is 0 Å². The van der Waals surface area contributed by atoms with Crippen molar-refractivity contribution in [2.45, 2.75) is 294 Å². The van der Waals surface area contributed by atoms with Gasteiger partial charge in [-0.05, 0) is 19.3 Å². The number of carbonyl (C=O) groups excluding carboxylic acids is 1. The zero-order valence-corrected chi connectivity index (χ0v) is 41.7. The average Bonchev–Trinajstić information content (AvgIpc) is 3.27. The molecular weight excluding hydrogens is 835 g/mol. The van der Waals surface area contributed by atoms with Crippen molar-refractivity contribution in [2.75, 3.05) is 13.2 Å². The van der Waals surface area contributed by atoms with Crippen molar-refractivity contribution >= 4 is 16.3 Å². The summed E-state index contributed by atoms with van der Waals surface area (Å²) in [6, 6.07) is -0.938. The van der Waals surface area contributed by atoms with Crippen LogP contribution in [0.5, 0.6) is 0 Å². The van der Waals surface area contributed by atoms with E-state index in [1.807, 2.05) is 6.08 Å². The van der Waals surface area contributed by atoms with Crippen LogP contribution < -0.4 is 5.32 Å². The zero-order valence-electron chi connectivity index (χ0n) is 40.9. The molecule has 64 heavy (non-hydrogen) atoms. The summed E-state index contributed by atoms with van der Waals surface area (Å²) in [7, 11) is -5.08. The van der Waals surface area contributed by atoms with Gasteiger partial charge in [0, 0.05) is 6.42 Å². The molecule has 0 aromatic heterocycles. The van der Waals surface area contributed by atoms with Gasteiger partial charge in [0.1, 0.15) is 24.4 Å². The van der Waals surface area contributed by atoms with Crippen LogP contribution in [0.15, 0.2) is 12.2 Å². The van der Waals surface area contributed by atoms with Crippen LogP contribution in [0.2, 0.25) is 0 Å². The molecule has 0 aromatic carbocycles. The molecule has 1 aliphatic heterocycles. The number of hydrogen-bond acceptors (Lipinski definition) is 10. The third kappa shape index (κ3) is 34.2. The van der Waals surface area contributed by atoms with Crippen LogP contribution >= 0.6 is 0 Å². The van der Waals surface area contributed by atoms with E-state index in [2.05, 4.69) is 23.3 Å². The summed E-state index contributed by atoms with van der Waals surface area (Å²) in [6.45, 7) is 3.40. The van der Waals surface area contributed by atoms with Gasteiger partial charge in [-0.25, -0.2) is 4.18 Å². The lowest BCUT2D eigenvalue weighted by Gasteiger charge is -2.41. The third-order valence-corrected chi connectivity index (χ3v) is 13.3. The fourth-order valence-corrected chi connectivity index (χ4v) is 9.20. The summed E-state index contributed by atoms with van der Waals surface area (Å²) in [6.07, 6.45) is 39.9. The minimum absolute atomic E-state index is 0.259. The Morgan fingerprint density at radius 3 is 1.36 bits per heavy atom. The first-order valence-corrected chi connectivity index (χ1v) is 27.9. The van der Waals surface area contributed by atoms with E-state index >= 15 is 0 Å². The van der Waals surface area contributed by atoms with Crippen LogP contribution in [0.1, 0.15) is 251 Å². The summed E-state index contributed by atoms with van der Waals surface area (Å²) in [5.41, 5.74) is 0. The smallest absolute Gasteiger partial charge is 0.394 e. The molecule has 6 N–H and O–H groups in total. The first kappa shape index (κ1) is 60.9. The molecule has 1 rings (SSSR count). The number of unbranched alkanes of at least 4 members (excludes halogenated alkanes) is 34. The average molecular weight is 934 g/mol. The normalized spacial score (nSPS) is 20.3. The van der Waals surface area contributed by atoms with Crippen molar-refractivity contribution in [3.05, 3.63) is 12.2 Å². The van der Waals surface area contributed by atoms with Gasteiger partial charge < -0.3 is 35.2 Å². The quantitative estimate of drug-likeness (QED) is 0.0193. The van der Waals surface area contributed by atoms with Gasteiger partial charge in [0.25, 0.3) is 0 Å². The number of rotatable bonds is 46. The Kier molecular flexibility index (Phi) is 39.9. The van der Waals surface area contributed by atoms with E-state index in [-0.39, 0.29) is 18.9 Å². The van der Waals surface area contributed by atoms with Gasteiger partial charge in [0.15, 0.2) is 6.29 Å². The van der Waals surface area contributed by atoms with E-state index in [0.29, 0.717) is 6.42 Å². The van der Waals surface area contributed by atoms with Crippen LogP contribution in [0.25, 0.3) is 0 Å². The Morgan fingerprint density at radius 1 is 0.609 bits per heavy atom. The summed E-state index contributed by atoms with van der Waals surface area (Å²) < 4.78 is 47.6. The molecular formula is C51H99NO11S. The number of aliphatic hydroxyl groups excluding tert-OH is 4. The minimum Gasteiger partial charge on any atom is -0.394 e. The molecule has 1 aliphatic rings. The predicted octanol–water partition coefficient (Wildman–Crippen LogP) is 11.5. The number of amides is 1. The Balaban J connectivity index is 2.30. The molecule has 0 aromatic rings. The van der Waals surface area contributed by atoms with E-state index in [9.17, 15) is 38.2 Å². The van der Waals surface area contributed by atoms with Gasteiger partial charge in [-0.3, -0.25) is 9.35 Å². The number of nitrogens with one attached hydrogen (secondary N) is 1. The van der Waals surface area contributed by atoms with E-state index in [4.69, 9.17) is 9.47 Å². The second-order valence-corrected chi connectivity index (χ2v) is 19.9. The van der Waals surface area contributed by atoms with E-state index in [1.54, 1.807) is 6.08 Å². The summed E-state index contributed by atoms with van der Waals surface area (Å²) >= 11 is 0. The lowest BCUT2D eigenvalue weighted by atomic mass is 9.99. The molecule has 7 unspecified atom stereocenters. The maximum absolute atomic E-state index is 13.1. The molecule has 0 saturated carbocycles. The summed E-state index contributed by atoms with van der Waals surface area (Å²) in [5, 5.41) is 44.7. The highest BCUT2D eigenvalue weighted by Crippen LogP contribution is 2.26. The fraction of sp³-hybridized carbons (Fsp3) is 0.941. The second-order valence-electron chi connectivity index (χ2n) is 18.8. The van der Waals surface area contributed by atoms with Crippen molar-refractivity contribution in [3.8, 4) is 0 Å². The van der Waals surface area contributed by atoms with Crippen molar-refractivity contribution < 1.29 is 51.8 Å². The van der Waals surface area contributed by atoms with Crippen molar-refractivity contribution in [1.29, 1.82) is 0 Å². The molecule has 7 atom stereocenters. The van der Waals surface area contributed by atoms with Crippen LogP contribution in [0.4, 0.5) is 0 Å². The molecule has 1 heterocycles. The molecule has 13 heteroatoms. The molecule has 0 aliphatic carbocycles. The first-order valence-electron chi connectivity index (χ1n) is 26.6. The molecule has 12 nitrogen and oxygen atoms in total. The van der Waals surface area contributed by atoms with Crippen molar-refractivity contribution in [2.24, 2.45) is 0 Å². The first-order chi connectivity index (χ1) is 31.0. The Hall–Kier alpha value is -1.16. The van der Waals surface area contributed by atoms with Crippen LogP contribution in [-0.2, 0) is 28.9 Å². The van der Waals surface area contributed by atoms with Gasteiger partial charge >= 0.3 is 10.4 Å². The van der Waals surface area contributed by atoms with Gasteiger partial charge in [-0.1, -0.05) is 238 Å². The second kappa shape index (κ2) is 42.0. The molecule has 0 bridgehead atoms. The van der Waals surface area contributed by atoms with E-state index in [1.165, 1.54) is 186 Å². The highest BCUT2D eigenvalue weighted by molar-refractivity contribution is 7.80. The largest absolute Gasteiger partial charge is 0.397 e. The van der Waals surface area contributed by atoms with Crippen molar-refractivity contribution in [1.82, 2.24) is 5.32 Å². The van der Waals surface area contributed by atoms with Crippen LogP contribution in [0.3, 0.4) is 0 Å². The fourth-order valence-electron chi connectivity index (χ4n) is 8.69. The van der Waals surface area contributed by atoms with Crippen LogP contribution in [0, 0.1) is 0 Å². The molecule has 1 fully saturated rings. The van der Waals surface area contributed by atoms with E-state index < -0.39 is 59.9 Å². The Morgan fingerprint density at radius 2 is 0.984 bits per heavy atom. The topological polar surface area (TPSA) is 192 Å². The number of allylic oxidation sites excluding steroid dienone is 1. The summed E-state index contributed by atoms with van der Waals surface area (Å²) in [5.74, 6) is -0.259. The molecule has 1 saturated heterocycles. The highest BCUT2D eigenvalue weighted by atomic mass is 32.3. The van der Waals surface area contributed by atoms with Gasteiger partial charge in [0.05, 0.1) is 25.4 Å². The minimum atomic E-state index is -5.08. The lowest BCUT2D eigenvalue weighted by molar-refractivity contribution is -0.298. The standard InChI is InChI=1S/C51H99NO11S/c1-3-5-7-9-11-13-15-16-17-18-19-20-21-22-23-24-25-26-27-28-29-31-33-35-37-39-41-47(55)52-44(45(54)40-38-36-34-32-30-14-12-10-8-6-4-2)43-61-51-49(57)50(63-64(58,59)60)48(56)46(42-53)62-51/h38,40,44-46,48-51,53-54,56-57H,3-37,39,41-43H2,1-2H3,(H,52,55)(H,58,59,60)/b40-38+. The van der Waals surface area contributed by atoms with E-state index in [0.717, 1.165) is 38.5 Å². The maximum Gasteiger partial charge on any atom is 0.397 e. The lowest BCUT2D eigenvalue weighted by Crippen LogP contribution is -2.61. The Labute approximate surface area is 391 Å². The molecule has 0 radical (unpaired) electrons. The number of ether oxygens (including phenoxy) is 2. The third-order valence-electron chi connectivity index (χ3n) is 12.8. The maximum atomic E-state index is 13.1. The number of aliphatic hydroxyl groups is 4.